The Morgan fingerprint density at radius 2 is 2.05 bits per heavy atom. The van der Waals surface area contributed by atoms with Crippen molar-refractivity contribution >= 4 is 16.0 Å². The summed E-state index contributed by atoms with van der Waals surface area (Å²) in [6.45, 7) is 4.53. The van der Waals surface area contributed by atoms with E-state index in [1.54, 1.807) is 13.8 Å². The zero-order valence-electron chi connectivity index (χ0n) is 10.9. The number of nitrogens with one attached hydrogen (secondary N) is 1. The number of aromatic carboxylic acids is 1. The van der Waals surface area contributed by atoms with Crippen molar-refractivity contribution in [1.82, 2.24) is 4.72 Å². The summed E-state index contributed by atoms with van der Waals surface area (Å²) in [5.74, 6) is -1.90. The first kappa shape index (κ1) is 15.7. The number of hydrogen-bond donors (Lipinski definition) is 3. The molecule has 1 atom stereocenters. The van der Waals surface area contributed by atoms with Crippen molar-refractivity contribution in [2.45, 2.75) is 31.7 Å². The van der Waals surface area contributed by atoms with Gasteiger partial charge in [0.25, 0.3) is 0 Å². The molecule has 1 aromatic heterocycles. The molecule has 0 radical (unpaired) electrons. The zero-order chi connectivity index (χ0) is 14.8. The molecule has 0 saturated heterocycles. The van der Waals surface area contributed by atoms with E-state index in [4.69, 9.17) is 14.6 Å². The maximum Gasteiger partial charge on any atom is 0.371 e. The van der Waals surface area contributed by atoms with Gasteiger partial charge >= 0.3 is 5.97 Å². The van der Waals surface area contributed by atoms with E-state index in [-0.39, 0.29) is 23.2 Å². The first-order valence-corrected chi connectivity index (χ1v) is 7.14. The molecule has 19 heavy (non-hydrogen) atoms. The molecule has 1 heterocycles. The number of furan rings is 1. The number of carboxylic acid groups (broad SMARTS) is 1. The van der Waals surface area contributed by atoms with Gasteiger partial charge in [0.1, 0.15) is 10.7 Å². The minimum Gasteiger partial charge on any atom is -0.475 e. The van der Waals surface area contributed by atoms with Crippen molar-refractivity contribution in [3.63, 3.8) is 0 Å². The summed E-state index contributed by atoms with van der Waals surface area (Å²) >= 11 is 0. The minimum absolute atomic E-state index is 0.00894. The number of aryl methyl sites for hydroxylation is 1. The predicted octanol–water partition coefficient (Wildman–Crippen LogP) is 0.581. The van der Waals surface area contributed by atoms with Crippen molar-refractivity contribution in [2.75, 3.05) is 6.61 Å². The van der Waals surface area contributed by atoms with E-state index in [1.165, 1.54) is 6.92 Å². The van der Waals surface area contributed by atoms with Crippen molar-refractivity contribution in [2.24, 2.45) is 5.92 Å². The molecule has 0 aliphatic rings. The van der Waals surface area contributed by atoms with Crippen LogP contribution in [0.4, 0.5) is 0 Å². The Morgan fingerprint density at radius 1 is 1.47 bits per heavy atom. The van der Waals surface area contributed by atoms with E-state index in [0.29, 0.717) is 0 Å². The smallest absolute Gasteiger partial charge is 0.371 e. The van der Waals surface area contributed by atoms with Crippen LogP contribution in [0.3, 0.4) is 0 Å². The maximum atomic E-state index is 12.1. The summed E-state index contributed by atoms with van der Waals surface area (Å²) in [7, 11) is -3.93. The van der Waals surface area contributed by atoms with E-state index < -0.39 is 27.8 Å². The molecular formula is C11H17NO6S. The van der Waals surface area contributed by atoms with E-state index in [2.05, 4.69) is 4.72 Å². The Bertz CT molecular complexity index is 560. The number of sulfonamides is 1. The van der Waals surface area contributed by atoms with Crippen LogP contribution < -0.4 is 4.72 Å². The van der Waals surface area contributed by atoms with Crippen LogP contribution in [-0.2, 0) is 10.0 Å². The van der Waals surface area contributed by atoms with Crippen molar-refractivity contribution in [1.29, 1.82) is 0 Å². The summed E-state index contributed by atoms with van der Waals surface area (Å²) in [5.41, 5.74) is 0. The third-order valence-corrected chi connectivity index (χ3v) is 4.28. The molecule has 0 spiro atoms. The first-order chi connectivity index (χ1) is 8.69. The lowest BCUT2D eigenvalue weighted by atomic mass is 10.1. The zero-order valence-corrected chi connectivity index (χ0v) is 11.7. The van der Waals surface area contributed by atoms with E-state index >= 15 is 0 Å². The summed E-state index contributed by atoms with van der Waals surface area (Å²) in [6.07, 6.45) is 0. The quantitative estimate of drug-likeness (QED) is 0.706. The number of carbonyl (C=O) groups is 1. The molecule has 8 heteroatoms. The molecule has 0 amide bonds. The Morgan fingerprint density at radius 3 is 2.42 bits per heavy atom. The van der Waals surface area contributed by atoms with Crippen molar-refractivity contribution in [3.8, 4) is 0 Å². The number of carboxylic acids is 1. The van der Waals surface area contributed by atoms with Gasteiger partial charge in [-0.05, 0) is 12.8 Å². The highest BCUT2D eigenvalue weighted by atomic mass is 32.2. The number of rotatable bonds is 6. The van der Waals surface area contributed by atoms with E-state index in [0.717, 1.165) is 6.07 Å². The lowest BCUT2D eigenvalue weighted by Gasteiger charge is -2.19. The van der Waals surface area contributed by atoms with Crippen LogP contribution >= 0.6 is 0 Å². The van der Waals surface area contributed by atoms with Gasteiger partial charge in [0.2, 0.25) is 15.8 Å². The van der Waals surface area contributed by atoms with E-state index in [9.17, 15) is 13.2 Å². The highest BCUT2D eigenvalue weighted by molar-refractivity contribution is 7.89. The third-order valence-electron chi connectivity index (χ3n) is 2.68. The molecular weight excluding hydrogens is 274 g/mol. The molecule has 0 aliphatic heterocycles. The van der Waals surface area contributed by atoms with Crippen LogP contribution in [0.5, 0.6) is 0 Å². The minimum atomic E-state index is -3.93. The summed E-state index contributed by atoms with van der Waals surface area (Å²) in [4.78, 5) is 10.5. The fourth-order valence-electron chi connectivity index (χ4n) is 1.48. The van der Waals surface area contributed by atoms with Crippen LogP contribution in [0.15, 0.2) is 15.4 Å². The van der Waals surface area contributed by atoms with Gasteiger partial charge in [-0.3, -0.25) is 0 Å². The van der Waals surface area contributed by atoms with Gasteiger partial charge in [0.15, 0.2) is 0 Å². The molecule has 7 nitrogen and oxygen atoms in total. The SMILES string of the molecule is Cc1oc(C(=O)O)cc1S(=O)(=O)N[C@H](CO)C(C)C. The van der Waals surface area contributed by atoms with Crippen molar-refractivity contribution < 1.29 is 27.8 Å². The van der Waals surface area contributed by atoms with Crippen molar-refractivity contribution in [3.05, 3.63) is 17.6 Å². The normalized spacial score (nSPS) is 13.7. The van der Waals surface area contributed by atoms with Gasteiger partial charge < -0.3 is 14.6 Å². The summed E-state index contributed by atoms with van der Waals surface area (Å²) in [6, 6.07) is 0.307. The standard InChI is InChI=1S/C11H17NO6S/c1-6(2)8(5-13)12-19(16,17)10-4-9(11(14)15)18-7(10)3/h4,6,8,12-13H,5H2,1-3H3,(H,14,15)/t8-/m1/s1. The van der Waals surface area contributed by atoms with Crippen LogP contribution in [0.1, 0.15) is 30.2 Å². The molecule has 108 valence electrons. The van der Waals surface area contributed by atoms with Gasteiger partial charge in [0.05, 0.1) is 6.61 Å². The molecule has 0 aromatic carbocycles. The van der Waals surface area contributed by atoms with Crippen LogP contribution in [0.25, 0.3) is 0 Å². The molecule has 0 bridgehead atoms. The predicted molar refractivity (Wildman–Crippen MR) is 66.4 cm³/mol. The largest absolute Gasteiger partial charge is 0.475 e. The highest BCUT2D eigenvalue weighted by Crippen LogP contribution is 2.20. The number of aliphatic hydroxyl groups excluding tert-OH is 1. The number of hydrogen-bond acceptors (Lipinski definition) is 5. The maximum absolute atomic E-state index is 12.1. The molecule has 1 aromatic rings. The second kappa shape index (κ2) is 5.72. The fraction of sp³-hybridized carbons (Fsp3) is 0.545. The monoisotopic (exact) mass is 291 g/mol. The Labute approximate surface area is 111 Å². The molecule has 0 saturated carbocycles. The Kier molecular flexibility index (Phi) is 4.72. The van der Waals surface area contributed by atoms with Gasteiger partial charge in [-0.25, -0.2) is 17.9 Å². The van der Waals surface area contributed by atoms with Gasteiger partial charge in [-0.2, -0.15) is 0 Å². The number of aliphatic hydroxyl groups is 1. The van der Waals surface area contributed by atoms with Crippen LogP contribution in [-0.4, -0.2) is 37.2 Å². The lowest BCUT2D eigenvalue weighted by Crippen LogP contribution is -2.41. The second-order valence-corrected chi connectivity index (χ2v) is 6.17. The van der Waals surface area contributed by atoms with E-state index in [1.807, 2.05) is 0 Å². The third kappa shape index (κ3) is 3.55. The average molecular weight is 291 g/mol. The average Bonchev–Trinajstić information content (AvgIpc) is 2.68. The fourth-order valence-corrected chi connectivity index (χ4v) is 3.04. The molecule has 1 rings (SSSR count). The molecule has 0 fully saturated rings. The van der Waals surface area contributed by atoms with Crippen LogP contribution in [0, 0.1) is 12.8 Å². The highest BCUT2D eigenvalue weighted by Gasteiger charge is 2.27. The van der Waals surface area contributed by atoms with Gasteiger partial charge in [-0.1, -0.05) is 13.8 Å². The summed E-state index contributed by atoms with van der Waals surface area (Å²) in [5, 5.41) is 17.9. The molecule has 0 aliphatic carbocycles. The second-order valence-electron chi connectivity index (χ2n) is 4.49. The molecule has 3 N–H and O–H groups in total. The first-order valence-electron chi connectivity index (χ1n) is 5.66. The Hall–Kier alpha value is -1.38. The van der Waals surface area contributed by atoms with Gasteiger partial charge in [0, 0.05) is 12.1 Å². The summed E-state index contributed by atoms with van der Waals surface area (Å²) < 4.78 is 31.4. The molecule has 0 unspecified atom stereocenters. The topological polar surface area (TPSA) is 117 Å². The van der Waals surface area contributed by atoms with Gasteiger partial charge in [-0.15, -0.1) is 0 Å². The lowest BCUT2D eigenvalue weighted by molar-refractivity contribution is 0.0661. The Balaban J connectivity index is 3.10. The van der Waals surface area contributed by atoms with Crippen LogP contribution in [0.2, 0.25) is 0 Å².